The van der Waals surface area contributed by atoms with E-state index in [2.05, 4.69) is 10.7 Å². The zero-order chi connectivity index (χ0) is 3.58. The number of hydrogen-bond donors (Lipinski definition) is 2. The van der Waals surface area contributed by atoms with Crippen molar-refractivity contribution in [2.45, 2.75) is 0 Å². The van der Waals surface area contributed by atoms with E-state index in [-0.39, 0.29) is 0 Å². The van der Waals surface area contributed by atoms with Crippen LogP contribution in [0.4, 0.5) is 0 Å². The van der Waals surface area contributed by atoms with Crippen LogP contribution in [-0.2, 0) is 10.2 Å². The Bertz CT molecular complexity index is 31.0. The molecular weight excluding hydrogens is 97.5 g/mol. The van der Waals surface area contributed by atoms with Crippen molar-refractivity contribution in [2.75, 3.05) is 0 Å². The third kappa shape index (κ3) is 29.4. The predicted molar refractivity (Wildman–Crippen MR) is 18.6 cm³/mol. The first-order valence-corrected chi connectivity index (χ1v) is 2.55. The summed E-state index contributed by atoms with van der Waals surface area (Å²) in [7, 11) is 2.89. The molecule has 4 heavy (non-hydrogen) atoms. The molecule has 0 aliphatic rings. The number of rotatable bonds is 0. The lowest BCUT2D eigenvalue weighted by Gasteiger charge is -1.62. The highest BCUT2D eigenvalue weighted by Gasteiger charge is 1.57. The van der Waals surface area contributed by atoms with Crippen molar-refractivity contribution < 1.29 is 4.55 Å². The maximum Gasteiger partial charge on any atom is 0.124 e. The van der Waals surface area contributed by atoms with Crippen LogP contribution >= 0.6 is 10.7 Å². The van der Waals surface area contributed by atoms with Crippen LogP contribution in [0.2, 0.25) is 0 Å². The predicted octanol–water partition coefficient (Wildman–Crippen LogP) is 0.994. The van der Waals surface area contributed by atoms with Gasteiger partial charge in [0.2, 0.25) is 0 Å². The van der Waals surface area contributed by atoms with Crippen molar-refractivity contribution in [3.63, 3.8) is 0 Å². The highest BCUT2D eigenvalue weighted by atomic mass is 35.7. The zero-order valence-corrected chi connectivity index (χ0v) is 3.31. The second-order valence-corrected chi connectivity index (χ2v) is 1.59. The summed E-state index contributed by atoms with van der Waals surface area (Å²) in [5.41, 5.74) is 0. The Labute approximate surface area is 31.0 Å². The van der Waals surface area contributed by atoms with Crippen molar-refractivity contribution >= 4 is 20.9 Å². The number of halogens is 1. The summed E-state index contributed by atoms with van der Waals surface area (Å²) < 4.78 is 13.4. The fraction of sp³-hybridized carbons (Fsp3) is 0. The molecule has 0 spiro atoms. The third-order valence-electron chi connectivity index (χ3n) is 0. The van der Waals surface area contributed by atoms with Gasteiger partial charge in [0, 0.05) is 0 Å². The summed E-state index contributed by atoms with van der Waals surface area (Å²) in [5.74, 6) is 0. The average molecular weight is 99.5 g/mol. The van der Waals surface area contributed by atoms with Crippen LogP contribution < -0.4 is 0 Å². The molecule has 0 saturated heterocycles. The van der Waals surface area contributed by atoms with E-state index >= 15 is 0 Å². The van der Waals surface area contributed by atoms with E-state index in [1.54, 1.807) is 0 Å². The van der Waals surface area contributed by atoms with Crippen molar-refractivity contribution in [1.82, 2.24) is 0 Å². The van der Waals surface area contributed by atoms with E-state index in [4.69, 9.17) is 9.33 Å². The molecule has 1 unspecified atom stereocenters. The van der Waals surface area contributed by atoms with E-state index in [9.17, 15) is 0 Å². The van der Waals surface area contributed by atoms with Gasteiger partial charge in [-0.15, -0.1) is 0 Å². The molecule has 0 aromatic rings. The van der Waals surface area contributed by atoms with E-state index in [0.29, 0.717) is 0 Å². The molecule has 0 saturated carbocycles. The summed E-state index contributed by atoms with van der Waals surface area (Å²) in [6.45, 7) is 0. The average Bonchev–Trinajstić information content (AvgIpc) is 0.811. The normalized spacial score (nSPS) is 15.5. The summed E-state index contributed by atoms with van der Waals surface area (Å²) in [6.07, 6.45) is 0. The van der Waals surface area contributed by atoms with Gasteiger partial charge < -0.3 is 4.55 Å². The maximum atomic E-state index is 7.52. The van der Waals surface area contributed by atoms with E-state index in [1.807, 2.05) is 0 Å². The van der Waals surface area contributed by atoms with E-state index in [1.165, 1.54) is 0 Å². The third-order valence-corrected chi connectivity index (χ3v) is 0. The van der Waals surface area contributed by atoms with Crippen molar-refractivity contribution in [2.24, 2.45) is 0 Å². The molecule has 0 fully saturated rings. The lowest BCUT2D eigenvalue weighted by Crippen LogP contribution is -1.55. The smallest absolute Gasteiger partial charge is 0.124 e. The summed E-state index contributed by atoms with van der Waals surface area (Å²) in [5, 5.41) is 0. The monoisotopic (exact) mass is 99.0 g/mol. The van der Waals surface area contributed by atoms with Gasteiger partial charge in [-0.25, -0.2) is 4.78 Å². The molecule has 0 amide bonds. The van der Waals surface area contributed by atoms with Gasteiger partial charge in [-0.3, -0.25) is 0 Å². The molecular formula is H2ClNOS. The van der Waals surface area contributed by atoms with Gasteiger partial charge in [0.05, 0.1) is 0 Å². The molecule has 2 nitrogen and oxygen atoms in total. The van der Waals surface area contributed by atoms with Crippen molar-refractivity contribution in [3.8, 4) is 0 Å². The Morgan fingerprint density at radius 2 is 2.00 bits per heavy atom. The van der Waals surface area contributed by atoms with Gasteiger partial charge in [-0.2, -0.15) is 0 Å². The van der Waals surface area contributed by atoms with E-state index < -0.39 is 10.2 Å². The van der Waals surface area contributed by atoms with Crippen LogP contribution in [0, 0.1) is 4.78 Å². The minimum absolute atomic E-state index is 1.64. The molecule has 0 bridgehead atoms. The molecule has 0 rings (SSSR count). The SMILES string of the molecule is N=S(O)Cl. The fourth-order valence-electron chi connectivity index (χ4n) is 0. The van der Waals surface area contributed by atoms with Gasteiger partial charge >= 0.3 is 0 Å². The highest BCUT2D eigenvalue weighted by molar-refractivity contribution is 8.04. The minimum Gasteiger partial charge on any atom is -0.310 e. The van der Waals surface area contributed by atoms with E-state index in [0.717, 1.165) is 0 Å². The van der Waals surface area contributed by atoms with Crippen LogP contribution in [-0.4, -0.2) is 4.55 Å². The lowest BCUT2D eigenvalue weighted by atomic mass is 14.0. The standard InChI is InChI=1S/ClH2NOS/c1-4(2)3/h(H2,2,3). The van der Waals surface area contributed by atoms with Gasteiger partial charge in [-0.05, 0) is 10.7 Å². The maximum absolute atomic E-state index is 7.52. The van der Waals surface area contributed by atoms with Crippen molar-refractivity contribution in [3.05, 3.63) is 0 Å². The van der Waals surface area contributed by atoms with Crippen LogP contribution in [0.25, 0.3) is 0 Å². The molecule has 0 aliphatic carbocycles. The van der Waals surface area contributed by atoms with Gasteiger partial charge in [-0.1, -0.05) is 0 Å². The molecule has 0 aromatic carbocycles. The zero-order valence-electron chi connectivity index (χ0n) is 1.73. The molecule has 2 N–H and O–H groups in total. The fourth-order valence-corrected chi connectivity index (χ4v) is 0. The van der Waals surface area contributed by atoms with Crippen LogP contribution in [0.3, 0.4) is 0 Å². The first-order valence-electron chi connectivity index (χ1n) is 0.541. The topological polar surface area (TPSA) is 44.1 Å². The van der Waals surface area contributed by atoms with Gasteiger partial charge in [0.15, 0.2) is 0 Å². The van der Waals surface area contributed by atoms with Crippen molar-refractivity contribution in [1.29, 1.82) is 4.78 Å². The second kappa shape index (κ2) is 1.69. The first-order chi connectivity index (χ1) is 1.73. The Balaban J connectivity index is 2.80. The van der Waals surface area contributed by atoms with Crippen LogP contribution in [0.5, 0.6) is 0 Å². The molecule has 0 aromatic heterocycles. The number of nitrogens with one attached hydrogen (secondary N) is 1. The first kappa shape index (κ1) is 4.40. The summed E-state index contributed by atoms with van der Waals surface area (Å²) in [4.78, 5) is 0. The Kier molecular flexibility index (Phi) is 1.86. The Hall–Kier alpha value is 0.400. The summed E-state index contributed by atoms with van der Waals surface area (Å²) >= 11 is 0. The minimum atomic E-state index is -1.64. The van der Waals surface area contributed by atoms with Gasteiger partial charge in [0.1, 0.15) is 10.2 Å². The quantitative estimate of drug-likeness (QED) is 0.468. The number of hydrogen-bond acceptors (Lipinski definition) is 1. The molecule has 0 radical (unpaired) electrons. The largest absolute Gasteiger partial charge is 0.310 e. The summed E-state index contributed by atoms with van der Waals surface area (Å²) in [6, 6.07) is 0. The molecule has 1 atom stereocenters. The molecule has 0 aliphatic heterocycles. The van der Waals surface area contributed by atoms with Gasteiger partial charge in [0.25, 0.3) is 0 Å². The van der Waals surface area contributed by atoms with Crippen LogP contribution in [0.15, 0.2) is 0 Å². The van der Waals surface area contributed by atoms with Crippen LogP contribution in [0.1, 0.15) is 0 Å². The highest BCUT2D eigenvalue weighted by Crippen LogP contribution is 1.74. The molecule has 4 heteroatoms. The molecule has 0 heterocycles. The Morgan fingerprint density at radius 3 is 2.00 bits per heavy atom. The second-order valence-electron chi connectivity index (χ2n) is 0.237. The Morgan fingerprint density at radius 1 is 2.00 bits per heavy atom. The lowest BCUT2D eigenvalue weighted by molar-refractivity contribution is 0.659. The molecule has 26 valence electrons.